The molecule has 0 bridgehead atoms. The molecule has 140 valence electrons. The standard InChI is InChI=1S/C18H31N5O2/c1-21-8-4-6-14(17(21)15-10-20-23(3)13-15)12-22(2)18(24)19-11-16-7-5-9-25-16/h10,13-14,16-17H,4-9,11-12H2,1-3H3,(H,19,24)/t14-,16-,17+/m0/s1. The van der Waals surface area contributed by atoms with Gasteiger partial charge in [-0.25, -0.2) is 4.79 Å². The van der Waals surface area contributed by atoms with Gasteiger partial charge in [0.05, 0.1) is 12.3 Å². The van der Waals surface area contributed by atoms with Gasteiger partial charge in [-0.05, 0) is 45.2 Å². The Morgan fingerprint density at radius 3 is 2.92 bits per heavy atom. The monoisotopic (exact) mass is 349 g/mol. The fourth-order valence-corrected chi connectivity index (χ4v) is 4.15. The Bertz CT molecular complexity index is 570. The van der Waals surface area contributed by atoms with E-state index < -0.39 is 0 Å². The Labute approximate surface area is 150 Å². The lowest BCUT2D eigenvalue weighted by molar-refractivity contribution is 0.0947. The van der Waals surface area contributed by atoms with Crippen LogP contribution in [0.4, 0.5) is 4.79 Å². The van der Waals surface area contributed by atoms with E-state index in [1.165, 1.54) is 12.0 Å². The van der Waals surface area contributed by atoms with E-state index in [1.54, 1.807) is 0 Å². The van der Waals surface area contributed by atoms with Crippen LogP contribution in [0.3, 0.4) is 0 Å². The summed E-state index contributed by atoms with van der Waals surface area (Å²) in [4.78, 5) is 16.6. The molecule has 1 aromatic heterocycles. The Hall–Kier alpha value is -1.60. The fraction of sp³-hybridized carbons (Fsp3) is 0.778. The Morgan fingerprint density at radius 2 is 2.24 bits per heavy atom. The second kappa shape index (κ2) is 8.19. The molecule has 3 heterocycles. The Morgan fingerprint density at radius 1 is 1.40 bits per heavy atom. The molecule has 0 radical (unpaired) electrons. The van der Waals surface area contributed by atoms with Crippen molar-refractivity contribution in [3.8, 4) is 0 Å². The number of carbonyl (C=O) groups is 1. The van der Waals surface area contributed by atoms with E-state index in [1.807, 2.05) is 29.9 Å². The minimum absolute atomic E-state index is 0.00587. The molecule has 0 aliphatic carbocycles. The van der Waals surface area contributed by atoms with Gasteiger partial charge in [-0.3, -0.25) is 9.58 Å². The van der Waals surface area contributed by atoms with Crippen molar-refractivity contribution >= 4 is 6.03 Å². The van der Waals surface area contributed by atoms with Gasteiger partial charge >= 0.3 is 6.03 Å². The number of likely N-dealkylation sites (tertiary alicyclic amines) is 1. The molecule has 0 saturated carbocycles. The van der Waals surface area contributed by atoms with Gasteiger partial charge in [0.1, 0.15) is 0 Å². The van der Waals surface area contributed by atoms with Crippen LogP contribution in [0.15, 0.2) is 12.4 Å². The first-order valence-corrected chi connectivity index (χ1v) is 9.34. The zero-order chi connectivity index (χ0) is 17.8. The molecule has 7 nitrogen and oxygen atoms in total. The molecule has 2 aliphatic heterocycles. The van der Waals surface area contributed by atoms with Crippen LogP contribution in [-0.2, 0) is 11.8 Å². The first-order chi connectivity index (χ1) is 12.0. The average molecular weight is 349 g/mol. The van der Waals surface area contributed by atoms with Crippen molar-refractivity contribution in [2.24, 2.45) is 13.0 Å². The Balaban J connectivity index is 1.57. The zero-order valence-corrected chi connectivity index (χ0v) is 15.6. The van der Waals surface area contributed by atoms with Crippen molar-refractivity contribution in [2.75, 3.05) is 40.3 Å². The van der Waals surface area contributed by atoms with Crippen molar-refractivity contribution < 1.29 is 9.53 Å². The summed E-state index contributed by atoms with van der Waals surface area (Å²) < 4.78 is 7.43. The number of nitrogens with one attached hydrogen (secondary N) is 1. The maximum atomic E-state index is 12.4. The fourth-order valence-electron chi connectivity index (χ4n) is 4.15. The number of nitrogens with zero attached hydrogens (tertiary/aromatic N) is 4. The zero-order valence-electron chi connectivity index (χ0n) is 15.6. The van der Waals surface area contributed by atoms with Gasteiger partial charge in [-0.15, -0.1) is 0 Å². The van der Waals surface area contributed by atoms with Crippen LogP contribution in [0.25, 0.3) is 0 Å². The molecule has 0 spiro atoms. The van der Waals surface area contributed by atoms with E-state index in [-0.39, 0.29) is 12.1 Å². The number of ether oxygens (including phenoxy) is 1. The molecule has 2 fully saturated rings. The summed E-state index contributed by atoms with van der Waals surface area (Å²) in [7, 11) is 6.01. The third-order valence-electron chi connectivity index (χ3n) is 5.43. The highest BCUT2D eigenvalue weighted by Gasteiger charge is 2.33. The second-order valence-electron chi connectivity index (χ2n) is 7.48. The highest BCUT2D eigenvalue weighted by atomic mass is 16.5. The third kappa shape index (κ3) is 4.52. The largest absolute Gasteiger partial charge is 0.376 e. The molecule has 7 heteroatoms. The van der Waals surface area contributed by atoms with Crippen molar-refractivity contribution in [3.05, 3.63) is 18.0 Å². The number of hydrogen-bond acceptors (Lipinski definition) is 4. The molecule has 3 atom stereocenters. The minimum Gasteiger partial charge on any atom is -0.376 e. The smallest absolute Gasteiger partial charge is 0.317 e. The highest BCUT2D eigenvalue weighted by Crippen LogP contribution is 2.35. The van der Waals surface area contributed by atoms with Crippen LogP contribution >= 0.6 is 0 Å². The molecule has 2 amide bonds. The molecule has 0 aromatic carbocycles. The number of rotatable bonds is 5. The maximum Gasteiger partial charge on any atom is 0.317 e. The summed E-state index contributed by atoms with van der Waals surface area (Å²) in [6, 6.07) is 0.310. The van der Waals surface area contributed by atoms with Crippen LogP contribution in [0.5, 0.6) is 0 Å². The minimum atomic E-state index is -0.00587. The number of hydrogen-bond donors (Lipinski definition) is 1. The lowest BCUT2D eigenvalue weighted by Gasteiger charge is -2.40. The molecule has 0 unspecified atom stereocenters. The predicted octanol–water partition coefficient (Wildman–Crippen LogP) is 1.62. The summed E-state index contributed by atoms with van der Waals surface area (Å²) in [5, 5.41) is 7.35. The number of carbonyl (C=O) groups excluding carboxylic acids is 1. The van der Waals surface area contributed by atoms with Crippen LogP contribution in [0.1, 0.15) is 37.3 Å². The number of aryl methyl sites for hydroxylation is 1. The third-order valence-corrected chi connectivity index (χ3v) is 5.43. The number of urea groups is 1. The Kier molecular flexibility index (Phi) is 5.96. The highest BCUT2D eigenvalue weighted by molar-refractivity contribution is 5.73. The van der Waals surface area contributed by atoms with Crippen molar-refractivity contribution in [3.63, 3.8) is 0 Å². The van der Waals surface area contributed by atoms with Gasteiger partial charge in [0.15, 0.2) is 0 Å². The van der Waals surface area contributed by atoms with Crippen LogP contribution in [-0.4, -0.2) is 72.1 Å². The topological polar surface area (TPSA) is 62.6 Å². The van der Waals surface area contributed by atoms with Crippen LogP contribution in [0.2, 0.25) is 0 Å². The summed E-state index contributed by atoms with van der Waals surface area (Å²) >= 11 is 0. The molecule has 1 aromatic rings. The lowest BCUT2D eigenvalue weighted by Crippen LogP contribution is -2.46. The second-order valence-corrected chi connectivity index (χ2v) is 7.48. The number of aromatic nitrogens is 2. The molecule has 3 rings (SSSR count). The van der Waals surface area contributed by atoms with Crippen molar-refractivity contribution in [2.45, 2.75) is 37.8 Å². The van der Waals surface area contributed by atoms with E-state index in [4.69, 9.17) is 4.74 Å². The first kappa shape index (κ1) is 18.2. The van der Waals surface area contributed by atoms with Gasteiger partial charge in [-0.2, -0.15) is 5.10 Å². The quantitative estimate of drug-likeness (QED) is 0.877. The number of amides is 2. The average Bonchev–Trinajstić information content (AvgIpc) is 3.24. The SMILES string of the molecule is CN(C[C@@H]1CCCN(C)[C@H]1c1cnn(C)c1)C(=O)NC[C@@H]1CCCO1. The van der Waals surface area contributed by atoms with E-state index in [9.17, 15) is 4.79 Å². The van der Waals surface area contributed by atoms with Gasteiger partial charge in [0.25, 0.3) is 0 Å². The first-order valence-electron chi connectivity index (χ1n) is 9.34. The van der Waals surface area contributed by atoms with Crippen LogP contribution < -0.4 is 5.32 Å². The van der Waals surface area contributed by atoms with Crippen molar-refractivity contribution in [1.29, 1.82) is 0 Å². The number of piperidine rings is 1. The van der Waals surface area contributed by atoms with E-state index >= 15 is 0 Å². The van der Waals surface area contributed by atoms with Gasteiger partial charge in [0.2, 0.25) is 0 Å². The van der Waals surface area contributed by atoms with E-state index in [2.05, 4.69) is 28.6 Å². The summed E-state index contributed by atoms with van der Waals surface area (Å²) in [6.07, 6.45) is 8.67. The summed E-state index contributed by atoms with van der Waals surface area (Å²) in [5.74, 6) is 0.418. The summed E-state index contributed by atoms with van der Waals surface area (Å²) in [6.45, 7) is 3.27. The van der Waals surface area contributed by atoms with Gasteiger partial charge < -0.3 is 15.0 Å². The van der Waals surface area contributed by atoms with Gasteiger partial charge in [0, 0.05) is 51.6 Å². The molecule has 1 N–H and O–H groups in total. The van der Waals surface area contributed by atoms with Gasteiger partial charge in [-0.1, -0.05) is 0 Å². The predicted molar refractivity (Wildman–Crippen MR) is 96.3 cm³/mol. The van der Waals surface area contributed by atoms with E-state index in [0.717, 1.165) is 39.0 Å². The summed E-state index contributed by atoms with van der Waals surface area (Å²) in [5.41, 5.74) is 1.24. The normalized spacial score (nSPS) is 27.4. The lowest BCUT2D eigenvalue weighted by atomic mass is 9.86. The molecular weight excluding hydrogens is 318 g/mol. The molecule has 25 heavy (non-hydrogen) atoms. The van der Waals surface area contributed by atoms with Crippen LogP contribution in [0, 0.1) is 5.92 Å². The molecule has 2 aliphatic rings. The molecular formula is C18H31N5O2. The van der Waals surface area contributed by atoms with E-state index in [0.29, 0.717) is 18.5 Å². The van der Waals surface area contributed by atoms with Crippen molar-refractivity contribution in [1.82, 2.24) is 24.9 Å². The molecule has 2 saturated heterocycles. The maximum absolute atomic E-state index is 12.4.